The van der Waals surface area contributed by atoms with Crippen molar-refractivity contribution >= 4 is 17.6 Å². The van der Waals surface area contributed by atoms with E-state index in [4.69, 9.17) is 13.9 Å². The van der Waals surface area contributed by atoms with E-state index in [1.807, 2.05) is 24.3 Å². The van der Waals surface area contributed by atoms with Crippen LogP contribution in [0.25, 0.3) is 11.3 Å². The number of anilines is 1. The van der Waals surface area contributed by atoms with Gasteiger partial charge in [-0.25, -0.2) is 9.78 Å². The predicted octanol–water partition coefficient (Wildman–Crippen LogP) is 4.10. The zero-order valence-electron chi connectivity index (χ0n) is 16.3. The van der Waals surface area contributed by atoms with Gasteiger partial charge in [0, 0.05) is 24.1 Å². The lowest BCUT2D eigenvalue weighted by atomic mass is 10.2. The Bertz CT molecular complexity index is 962. The molecule has 1 heterocycles. The summed E-state index contributed by atoms with van der Waals surface area (Å²) in [7, 11) is 1.61. The SMILES string of the molecule is CCOC(=O)c1ccc(NC(=O)CCc2ncc(-c3ccc(OC)cc3)o2)cc1. The molecule has 7 nitrogen and oxygen atoms in total. The molecule has 0 saturated carbocycles. The number of rotatable bonds is 8. The second kappa shape index (κ2) is 9.54. The Kier molecular flexibility index (Phi) is 6.63. The van der Waals surface area contributed by atoms with Gasteiger partial charge in [0.05, 0.1) is 25.5 Å². The van der Waals surface area contributed by atoms with Crippen LogP contribution in [0.3, 0.4) is 0 Å². The molecular weight excluding hydrogens is 372 g/mol. The third kappa shape index (κ3) is 5.44. The summed E-state index contributed by atoms with van der Waals surface area (Å²) in [6, 6.07) is 14.0. The standard InChI is InChI=1S/C22H22N2O5/c1-3-28-22(26)16-4-8-17(9-5-16)24-20(25)12-13-21-23-14-19(29-21)15-6-10-18(27-2)11-7-15/h4-11,14H,3,12-13H2,1-2H3,(H,24,25). The molecule has 2 aromatic carbocycles. The second-order valence-electron chi connectivity index (χ2n) is 6.19. The normalized spacial score (nSPS) is 10.4. The number of hydrogen-bond acceptors (Lipinski definition) is 6. The predicted molar refractivity (Wildman–Crippen MR) is 108 cm³/mol. The van der Waals surface area contributed by atoms with E-state index >= 15 is 0 Å². The average Bonchev–Trinajstić information content (AvgIpc) is 3.22. The van der Waals surface area contributed by atoms with E-state index in [9.17, 15) is 9.59 Å². The highest BCUT2D eigenvalue weighted by molar-refractivity contribution is 5.93. The van der Waals surface area contributed by atoms with Gasteiger partial charge in [-0.3, -0.25) is 4.79 Å². The molecule has 0 unspecified atom stereocenters. The third-order valence-corrected chi connectivity index (χ3v) is 4.17. The Hall–Kier alpha value is -3.61. The van der Waals surface area contributed by atoms with E-state index in [1.54, 1.807) is 44.5 Å². The number of esters is 1. The zero-order valence-corrected chi connectivity index (χ0v) is 16.3. The van der Waals surface area contributed by atoms with Crippen LogP contribution in [-0.4, -0.2) is 30.6 Å². The molecule has 0 atom stereocenters. The van der Waals surface area contributed by atoms with Crippen molar-refractivity contribution in [3.63, 3.8) is 0 Å². The molecule has 3 aromatic rings. The van der Waals surface area contributed by atoms with E-state index in [0.717, 1.165) is 11.3 Å². The highest BCUT2D eigenvalue weighted by atomic mass is 16.5. The lowest BCUT2D eigenvalue weighted by Crippen LogP contribution is -2.12. The summed E-state index contributed by atoms with van der Waals surface area (Å²) >= 11 is 0. The monoisotopic (exact) mass is 394 g/mol. The highest BCUT2D eigenvalue weighted by Crippen LogP contribution is 2.23. The van der Waals surface area contributed by atoms with Crippen LogP contribution < -0.4 is 10.1 Å². The maximum Gasteiger partial charge on any atom is 0.338 e. The second-order valence-corrected chi connectivity index (χ2v) is 6.19. The number of methoxy groups -OCH3 is 1. The van der Waals surface area contributed by atoms with Gasteiger partial charge >= 0.3 is 5.97 Å². The number of benzene rings is 2. The molecule has 1 N–H and O–H groups in total. The van der Waals surface area contributed by atoms with E-state index in [-0.39, 0.29) is 18.3 Å². The summed E-state index contributed by atoms with van der Waals surface area (Å²) in [5.41, 5.74) is 1.93. The fourth-order valence-corrected chi connectivity index (χ4v) is 2.66. The van der Waals surface area contributed by atoms with Crippen LogP contribution >= 0.6 is 0 Å². The number of hydrogen-bond donors (Lipinski definition) is 1. The molecule has 150 valence electrons. The summed E-state index contributed by atoms with van der Waals surface area (Å²) < 4.78 is 15.8. The number of nitrogens with zero attached hydrogens (tertiary/aromatic N) is 1. The minimum absolute atomic E-state index is 0.168. The maximum atomic E-state index is 12.2. The van der Waals surface area contributed by atoms with Crippen LogP contribution in [0.15, 0.2) is 59.1 Å². The molecule has 0 radical (unpaired) electrons. The molecule has 0 fully saturated rings. The van der Waals surface area contributed by atoms with Crippen LogP contribution in [0.1, 0.15) is 29.6 Å². The number of aryl methyl sites for hydroxylation is 1. The van der Waals surface area contributed by atoms with Gasteiger partial charge in [-0.2, -0.15) is 0 Å². The fourth-order valence-electron chi connectivity index (χ4n) is 2.66. The zero-order chi connectivity index (χ0) is 20.6. The minimum atomic E-state index is -0.387. The topological polar surface area (TPSA) is 90.7 Å². The number of aromatic nitrogens is 1. The Morgan fingerprint density at radius 2 is 1.79 bits per heavy atom. The van der Waals surface area contributed by atoms with E-state index in [0.29, 0.717) is 35.9 Å². The summed E-state index contributed by atoms with van der Waals surface area (Å²) in [6.07, 6.45) is 2.24. The van der Waals surface area contributed by atoms with Crippen molar-refractivity contribution in [1.29, 1.82) is 0 Å². The molecule has 29 heavy (non-hydrogen) atoms. The Morgan fingerprint density at radius 1 is 1.07 bits per heavy atom. The molecule has 0 aliphatic heterocycles. The van der Waals surface area contributed by atoms with Crippen molar-refractivity contribution in [2.75, 3.05) is 19.0 Å². The van der Waals surface area contributed by atoms with Gasteiger partial charge in [0.2, 0.25) is 5.91 Å². The molecule has 0 aliphatic rings. The first-order valence-corrected chi connectivity index (χ1v) is 9.25. The van der Waals surface area contributed by atoms with Crippen LogP contribution in [0.2, 0.25) is 0 Å². The van der Waals surface area contributed by atoms with Gasteiger partial charge in [-0.05, 0) is 55.5 Å². The van der Waals surface area contributed by atoms with Crippen molar-refractivity contribution in [3.8, 4) is 17.1 Å². The minimum Gasteiger partial charge on any atom is -0.497 e. The van der Waals surface area contributed by atoms with Gasteiger partial charge in [0.15, 0.2) is 11.7 Å². The van der Waals surface area contributed by atoms with Crippen molar-refractivity contribution in [1.82, 2.24) is 4.98 Å². The molecule has 3 rings (SSSR count). The molecule has 1 amide bonds. The van der Waals surface area contributed by atoms with Gasteiger partial charge in [0.1, 0.15) is 5.75 Å². The van der Waals surface area contributed by atoms with Crippen LogP contribution in [0.5, 0.6) is 5.75 Å². The number of amides is 1. The van der Waals surface area contributed by atoms with Crippen LogP contribution in [0.4, 0.5) is 5.69 Å². The molecule has 0 saturated heterocycles. The smallest absolute Gasteiger partial charge is 0.338 e. The van der Waals surface area contributed by atoms with Crippen molar-refractivity contribution in [2.24, 2.45) is 0 Å². The van der Waals surface area contributed by atoms with Crippen LogP contribution in [-0.2, 0) is 16.0 Å². The average molecular weight is 394 g/mol. The number of nitrogens with one attached hydrogen (secondary N) is 1. The molecular formula is C22H22N2O5. The number of ether oxygens (including phenoxy) is 2. The fraction of sp³-hybridized carbons (Fsp3) is 0.227. The van der Waals surface area contributed by atoms with E-state index in [2.05, 4.69) is 10.3 Å². The Morgan fingerprint density at radius 3 is 2.45 bits per heavy atom. The molecule has 7 heteroatoms. The molecule has 0 bridgehead atoms. The lowest BCUT2D eigenvalue weighted by Gasteiger charge is -2.06. The van der Waals surface area contributed by atoms with Gasteiger partial charge in [-0.1, -0.05) is 0 Å². The van der Waals surface area contributed by atoms with Crippen molar-refractivity contribution < 1.29 is 23.5 Å². The number of carbonyl (C=O) groups is 2. The molecule has 1 aromatic heterocycles. The summed E-state index contributed by atoms with van der Waals surface area (Å²) in [5, 5.41) is 2.79. The first-order chi connectivity index (χ1) is 14.1. The van der Waals surface area contributed by atoms with Gasteiger partial charge in [-0.15, -0.1) is 0 Å². The Labute approximate surface area is 168 Å². The van der Waals surface area contributed by atoms with E-state index in [1.165, 1.54) is 0 Å². The third-order valence-electron chi connectivity index (χ3n) is 4.17. The first kappa shape index (κ1) is 20.1. The van der Waals surface area contributed by atoms with Gasteiger partial charge < -0.3 is 19.2 Å². The van der Waals surface area contributed by atoms with Gasteiger partial charge in [0.25, 0.3) is 0 Å². The van der Waals surface area contributed by atoms with Crippen molar-refractivity contribution in [2.45, 2.75) is 19.8 Å². The quantitative estimate of drug-likeness (QED) is 0.579. The largest absolute Gasteiger partial charge is 0.497 e. The van der Waals surface area contributed by atoms with Crippen molar-refractivity contribution in [3.05, 3.63) is 66.2 Å². The van der Waals surface area contributed by atoms with E-state index < -0.39 is 0 Å². The number of oxazole rings is 1. The lowest BCUT2D eigenvalue weighted by molar-refractivity contribution is -0.116. The van der Waals surface area contributed by atoms with Crippen LogP contribution in [0, 0.1) is 0 Å². The summed E-state index contributed by atoms with van der Waals surface area (Å²) in [6.45, 7) is 2.07. The molecule has 0 aliphatic carbocycles. The number of carbonyl (C=O) groups excluding carboxylic acids is 2. The Balaban J connectivity index is 1.51. The summed E-state index contributed by atoms with van der Waals surface area (Å²) in [4.78, 5) is 28.0. The maximum absolute atomic E-state index is 12.2. The molecule has 0 spiro atoms. The first-order valence-electron chi connectivity index (χ1n) is 9.25. The highest BCUT2D eigenvalue weighted by Gasteiger charge is 2.10. The summed E-state index contributed by atoms with van der Waals surface area (Å²) in [5.74, 6) is 1.33.